The van der Waals surface area contributed by atoms with Gasteiger partial charge in [-0.25, -0.2) is 0 Å². The van der Waals surface area contributed by atoms with E-state index >= 15 is 0 Å². The van der Waals surface area contributed by atoms with Crippen LogP contribution in [-0.4, -0.2) is 29.9 Å². The van der Waals surface area contributed by atoms with Crippen LogP contribution in [0.3, 0.4) is 0 Å². The highest BCUT2D eigenvalue weighted by Crippen LogP contribution is 2.12. The molecule has 2 amide bonds. The summed E-state index contributed by atoms with van der Waals surface area (Å²) in [4.78, 5) is 27.3. The number of carbonyl (C=O) groups is 2. The Morgan fingerprint density at radius 2 is 1.76 bits per heavy atom. The van der Waals surface area contributed by atoms with E-state index in [0.29, 0.717) is 17.9 Å². The zero-order valence-corrected chi connectivity index (χ0v) is 9.30. The van der Waals surface area contributed by atoms with Gasteiger partial charge in [0.2, 0.25) is 11.8 Å². The van der Waals surface area contributed by atoms with Crippen LogP contribution in [0.25, 0.3) is 0 Å². The van der Waals surface area contributed by atoms with Crippen LogP contribution in [0.15, 0.2) is 18.3 Å². The maximum Gasteiger partial charge on any atom is 0.236 e. The second kappa shape index (κ2) is 5.80. The van der Waals surface area contributed by atoms with Crippen molar-refractivity contribution in [2.24, 2.45) is 17.2 Å². The molecule has 0 unspecified atom stereocenters. The number of nitrogens with two attached hydrogens (primary N) is 3. The summed E-state index contributed by atoms with van der Waals surface area (Å²) in [5.74, 6) is -1.09. The Kier molecular flexibility index (Phi) is 4.41. The van der Waals surface area contributed by atoms with Gasteiger partial charge in [-0.15, -0.1) is 0 Å². The highest BCUT2D eigenvalue weighted by Gasteiger charge is 2.12. The Bertz CT molecular complexity index is 388. The van der Waals surface area contributed by atoms with E-state index in [2.05, 4.69) is 4.98 Å². The van der Waals surface area contributed by atoms with Gasteiger partial charge >= 0.3 is 0 Å². The van der Waals surface area contributed by atoms with E-state index in [9.17, 15) is 9.59 Å². The van der Waals surface area contributed by atoms with E-state index < -0.39 is 11.8 Å². The molecule has 0 aromatic carbocycles. The van der Waals surface area contributed by atoms with E-state index in [0.717, 1.165) is 0 Å². The lowest BCUT2D eigenvalue weighted by molar-refractivity contribution is -0.117. The third kappa shape index (κ3) is 4.07. The summed E-state index contributed by atoms with van der Waals surface area (Å²) in [5, 5.41) is 0. The highest BCUT2D eigenvalue weighted by atomic mass is 16.2. The first-order valence-electron chi connectivity index (χ1n) is 4.99. The van der Waals surface area contributed by atoms with E-state index in [1.54, 1.807) is 12.1 Å². The van der Waals surface area contributed by atoms with Crippen LogP contribution >= 0.6 is 0 Å². The lowest BCUT2D eigenvalue weighted by Crippen LogP contribution is -2.39. The van der Waals surface area contributed by atoms with Crippen LogP contribution in [0, 0.1) is 0 Å². The summed E-state index contributed by atoms with van der Waals surface area (Å²) in [5.41, 5.74) is 16.9. The summed E-state index contributed by atoms with van der Waals surface area (Å²) in [6.45, 7) is 0.144. The molecule has 0 fully saturated rings. The van der Waals surface area contributed by atoms with Crippen LogP contribution in [0.4, 0.5) is 5.69 Å². The van der Waals surface area contributed by atoms with Gasteiger partial charge in [-0.3, -0.25) is 14.6 Å². The minimum atomic E-state index is -0.547. The van der Waals surface area contributed by atoms with Crippen molar-refractivity contribution in [3.63, 3.8) is 0 Å². The average Bonchev–Trinajstić information content (AvgIpc) is 2.27. The van der Waals surface area contributed by atoms with Crippen molar-refractivity contribution in [3.8, 4) is 0 Å². The fourth-order valence-electron chi connectivity index (χ4n) is 1.34. The predicted octanol–water partition coefficient (Wildman–Crippen LogP) is -1.68. The number of pyridine rings is 1. The molecule has 0 saturated carbocycles. The smallest absolute Gasteiger partial charge is 0.236 e. The number of hydrogen-bond acceptors (Lipinski definition) is 5. The fourth-order valence-corrected chi connectivity index (χ4v) is 1.34. The minimum absolute atomic E-state index is 0.0907. The molecule has 6 N–H and O–H groups in total. The van der Waals surface area contributed by atoms with Gasteiger partial charge in [0, 0.05) is 6.54 Å². The van der Waals surface area contributed by atoms with E-state index in [1.165, 1.54) is 11.1 Å². The lowest BCUT2D eigenvalue weighted by Gasteiger charge is -2.21. The third-order valence-corrected chi connectivity index (χ3v) is 2.08. The first-order valence-corrected chi connectivity index (χ1v) is 4.99. The fraction of sp³-hybridized carbons (Fsp3) is 0.300. The van der Waals surface area contributed by atoms with Crippen LogP contribution in [0.1, 0.15) is 5.69 Å². The average molecular weight is 237 g/mol. The molecule has 1 aromatic rings. The monoisotopic (exact) mass is 237 g/mol. The number of carbonyl (C=O) groups excluding carboxylic acids is 2. The summed E-state index contributed by atoms with van der Waals surface area (Å²) < 4.78 is 0. The molecular weight excluding hydrogens is 222 g/mol. The summed E-state index contributed by atoms with van der Waals surface area (Å²) in [7, 11) is 0. The molecule has 92 valence electrons. The molecule has 1 heterocycles. The van der Waals surface area contributed by atoms with Crippen LogP contribution in [0.5, 0.6) is 0 Å². The minimum Gasteiger partial charge on any atom is -0.368 e. The molecule has 0 atom stereocenters. The molecule has 0 saturated heterocycles. The van der Waals surface area contributed by atoms with Gasteiger partial charge in [-0.2, -0.15) is 0 Å². The number of aromatic nitrogens is 1. The zero-order valence-electron chi connectivity index (χ0n) is 9.30. The lowest BCUT2D eigenvalue weighted by atomic mass is 10.3. The van der Waals surface area contributed by atoms with Gasteiger partial charge in [0.05, 0.1) is 30.7 Å². The van der Waals surface area contributed by atoms with Crippen molar-refractivity contribution in [2.45, 2.75) is 6.54 Å². The second-order valence-electron chi connectivity index (χ2n) is 3.50. The Labute approximate surface area is 98.6 Å². The maximum absolute atomic E-state index is 10.9. The standard InChI is InChI=1S/C10H15N5O2/c11-3-7-1-2-8(4-14-7)15(5-9(12)16)6-10(13)17/h1-2,4H,3,5-6,11H2,(H2,12,16)(H2,13,17). The van der Waals surface area contributed by atoms with E-state index in [1.807, 2.05) is 0 Å². The van der Waals surface area contributed by atoms with Gasteiger partial charge in [-0.05, 0) is 12.1 Å². The Hall–Kier alpha value is -2.15. The molecule has 0 bridgehead atoms. The SMILES string of the molecule is NCc1ccc(N(CC(N)=O)CC(N)=O)cn1. The number of anilines is 1. The van der Waals surface area contributed by atoms with Crippen molar-refractivity contribution in [1.29, 1.82) is 0 Å². The predicted molar refractivity (Wildman–Crippen MR) is 62.7 cm³/mol. The van der Waals surface area contributed by atoms with Gasteiger partial charge in [0.15, 0.2) is 0 Å². The molecule has 0 spiro atoms. The zero-order chi connectivity index (χ0) is 12.8. The normalized spacial score (nSPS) is 9.94. The molecular formula is C10H15N5O2. The third-order valence-electron chi connectivity index (χ3n) is 2.08. The van der Waals surface area contributed by atoms with Crippen molar-refractivity contribution in [3.05, 3.63) is 24.0 Å². The van der Waals surface area contributed by atoms with Crippen molar-refractivity contribution < 1.29 is 9.59 Å². The Morgan fingerprint density at radius 1 is 1.18 bits per heavy atom. The summed E-state index contributed by atoms with van der Waals surface area (Å²) in [6.07, 6.45) is 1.52. The van der Waals surface area contributed by atoms with E-state index in [-0.39, 0.29) is 13.1 Å². The largest absolute Gasteiger partial charge is 0.368 e. The van der Waals surface area contributed by atoms with Crippen molar-refractivity contribution >= 4 is 17.5 Å². The van der Waals surface area contributed by atoms with Crippen LogP contribution < -0.4 is 22.1 Å². The Morgan fingerprint density at radius 3 is 2.12 bits per heavy atom. The molecule has 1 aromatic heterocycles. The number of primary amides is 2. The van der Waals surface area contributed by atoms with Gasteiger partial charge < -0.3 is 22.1 Å². The number of nitrogens with zero attached hydrogens (tertiary/aromatic N) is 2. The topological polar surface area (TPSA) is 128 Å². The van der Waals surface area contributed by atoms with Gasteiger partial charge in [0.25, 0.3) is 0 Å². The molecule has 0 aliphatic carbocycles. The van der Waals surface area contributed by atoms with Crippen LogP contribution in [-0.2, 0) is 16.1 Å². The highest BCUT2D eigenvalue weighted by molar-refractivity contribution is 5.84. The number of hydrogen-bond donors (Lipinski definition) is 3. The summed E-state index contributed by atoms with van der Waals surface area (Å²) >= 11 is 0. The van der Waals surface area contributed by atoms with Crippen molar-refractivity contribution in [2.75, 3.05) is 18.0 Å². The van der Waals surface area contributed by atoms with E-state index in [4.69, 9.17) is 17.2 Å². The summed E-state index contributed by atoms with van der Waals surface area (Å²) in [6, 6.07) is 3.42. The van der Waals surface area contributed by atoms with Crippen molar-refractivity contribution in [1.82, 2.24) is 4.98 Å². The molecule has 17 heavy (non-hydrogen) atoms. The quantitative estimate of drug-likeness (QED) is 0.544. The maximum atomic E-state index is 10.9. The Balaban J connectivity index is 2.86. The molecule has 0 aliphatic heterocycles. The number of rotatable bonds is 6. The second-order valence-corrected chi connectivity index (χ2v) is 3.50. The van der Waals surface area contributed by atoms with Gasteiger partial charge in [-0.1, -0.05) is 0 Å². The van der Waals surface area contributed by atoms with Gasteiger partial charge in [0.1, 0.15) is 0 Å². The molecule has 0 aliphatic rings. The molecule has 7 heteroatoms. The molecule has 7 nitrogen and oxygen atoms in total. The first-order chi connectivity index (χ1) is 8.02. The number of amides is 2. The molecule has 1 rings (SSSR count). The van der Waals surface area contributed by atoms with Crippen LogP contribution in [0.2, 0.25) is 0 Å². The molecule has 0 radical (unpaired) electrons. The first kappa shape index (κ1) is 12.9.